The summed E-state index contributed by atoms with van der Waals surface area (Å²) in [7, 11) is 2.24. The molecule has 168 valence electrons. The van der Waals surface area contributed by atoms with Gasteiger partial charge in [0.2, 0.25) is 0 Å². The van der Waals surface area contributed by atoms with Crippen LogP contribution in [0.3, 0.4) is 0 Å². The highest BCUT2D eigenvalue weighted by atomic mass is 35.5. The molecular formula is C26H24ClN3O2S. The topological polar surface area (TPSA) is 47.4 Å². The van der Waals surface area contributed by atoms with Gasteiger partial charge in [0.05, 0.1) is 11.2 Å². The number of ether oxygens (including phenoxy) is 1. The molecule has 0 amide bonds. The highest BCUT2D eigenvalue weighted by Crippen LogP contribution is 2.36. The minimum Gasteiger partial charge on any atom is -0.490 e. The van der Waals surface area contributed by atoms with Crippen LogP contribution in [-0.4, -0.2) is 39.7 Å². The van der Waals surface area contributed by atoms with E-state index in [-0.39, 0.29) is 11.7 Å². The standard InChI is InChI=1S/C26H24ClN3O2S/c1-29-19-6-7-20(29)13-22(12-19)32-21-10-8-18(9-11-21)30-15-28-23-14-24(33-25(23)26(30)31)16-2-4-17(27)5-3-16/h2-5,8-11,14-15,19-20,22H,6-7,12-13H2,1H3. The second-order valence-corrected chi connectivity index (χ2v) is 10.5. The molecule has 2 aromatic carbocycles. The van der Waals surface area contributed by atoms with Crippen LogP contribution >= 0.6 is 22.9 Å². The molecule has 0 saturated carbocycles. The Kier molecular flexibility index (Phi) is 5.24. The van der Waals surface area contributed by atoms with E-state index in [9.17, 15) is 4.79 Å². The van der Waals surface area contributed by atoms with Crippen LogP contribution in [0.25, 0.3) is 26.3 Å². The number of fused-ring (bicyclic) bond motifs is 3. The molecule has 2 bridgehead atoms. The number of halogens is 1. The van der Waals surface area contributed by atoms with E-state index >= 15 is 0 Å². The summed E-state index contributed by atoms with van der Waals surface area (Å²) >= 11 is 7.46. The lowest BCUT2D eigenvalue weighted by molar-refractivity contribution is 0.0662. The highest BCUT2D eigenvalue weighted by Gasteiger charge is 2.39. The number of thiophene rings is 1. The average molecular weight is 478 g/mol. The Bertz CT molecular complexity index is 1350. The maximum Gasteiger partial charge on any atom is 0.275 e. The highest BCUT2D eigenvalue weighted by molar-refractivity contribution is 7.22. The fraction of sp³-hybridized carbons (Fsp3) is 0.308. The largest absolute Gasteiger partial charge is 0.490 e. The zero-order valence-corrected chi connectivity index (χ0v) is 19.9. The van der Waals surface area contributed by atoms with Crippen LogP contribution in [0.1, 0.15) is 25.7 Å². The molecule has 2 aliphatic heterocycles. The lowest BCUT2D eigenvalue weighted by Crippen LogP contribution is -2.43. The van der Waals surface area contributed by atoms with Crippen molar-refractivity contribution < 1.29 is 4.74 Å². The molecule has 2 unspecified atom stereocenters. The van der Waals surface area contributed by atoms with Crippen molar-refractivity contribution in [2.24, 2.45) is 0 Å². The fourth-order valence-electron chi connectivity index (χ4n) is 5.19. The van der Waals surface area contributed by atoms with Crippen LogP contribution in [0.15, 0.2) is 65.7 Å². The van der Waals surface area contributed by atoms with E-state index in [1.54, 1.807) is 10.9 Å². The fourth-order valence-corrected chi connectivity index (χ4v) is 6.36. The van der Waals surface area contributed by atoms with Gasteiger partial charge in [-0.1, -0.05) is 23.7 Å². The maximum atomic E-state index is 13.2. The lowest BCUT2D eigenvalue weighted by Gasteiger charge is -2.36. The van der Waals surface area contributed by atoms with Crippen LogP contribution in [0, 0.1) is 0 Å². The zero-order chi connectivity index (χ0) is 22.5. The predicted molar refractivity (Wildman–Crippen MR) is 134 cm³/mol. The molecule has 0 spiro atoms. The molecule has 2 atom stereocenters. The maximum absolute atomic E-state index is 13.2. The van der Waals surface area contributed by atoms with Gasteiger partial charge >= 0.3 is 0 Å². The summed E-state index contributed by atoms with van der Waals surface area (Å²) in [6.45, 7) is 0. The second kappa shape index (κ2) is 8.28. The first-order chi connectivity index (χ1) is 16.0. The van der Waals surface area contributed by atoms with Gasteiger partial charge in [0.1, 0.15) is 22.9 Å². The third kappa shape index (κ3) is 3.86. The molecule has 2 saturated heterocycles. The molecule has 2 aliphatic rings. The third-order valence-corrected chi connectivity index (χ3v) is 8.45. The van der Waals surface area contributed by atoms with E-state index in [0.717, 1.165) is 34.7 Å². The predicted octanol–water partition coefficient (Wildman–Crippen LogP) is 5.77. The Morgan fingerprint density at radius 3 is 2.42 bits per heavy atom. The van der Waals surface area contributed by atoms with Gasteiger partial charge in [-0.05, 0) is 80.8 Å². The second-order valence-electron chi connectivity index (χ2n) is 9.01. The van der Waals surface area contributed by atoms with Crippen LogP contribution in [0.4, 0.5) is 0 Å². The molecular weight excluding hydrogens is 454 g/mol. The smallest absolute Gasteiger partial charge is 0.275 e. The summed E-state index contributed by atoms with van der Waals surface area (Å²) in [6.07, 6.45) is 6.60. The minimum atomic E-state index is -0.0641. The Morgan fingerprint density at radius 1 is 1.03 bits per heavy atom. The van der Waals surface area contributed by atoms with Crippen molar-refractivity contribution in [2.45, 2.75) is 43.9 Å². The van der Waals surface area contributed by atoms with Crippen LogP contribution in [0.5, 0.6) is 5.75 Å². The zero-order valence-electron chi connectivity index (χ0n) is 18.3. The third-order valence-electron chi connectivity index (χ3n) is 7.04. The van der Waals surface area contributed by atoms with E-state index in [2.05, 4.69) is 16.9 Å². The molecule has 5 nitrogen and oxygen atoms in total. The van der Waals surface area contributed by atoms with E-state index in [4.69, 9.17) is 16.3 Å². The Morgan fingerprint density at radius 2 is 1.73 bits per heavy atom. The molecule has 0 aliphatic carbocycles. The normalized spacial score (nSPS) is 22.7. The van der Waals surface area contributed by atoms with Crippen LogP contribution < -0.4 is 10.3 Å². The van der Waals surface area contributed by atoms with E-state index in [1.165, 1.54) is 24.2 Å². The van der Waals surface area contributed by atoms with Crippen molar-refractivity contribution in [3.05, 3.63) is 76.3 Å². The first kappa shape index (κ1) is 20.9. The van der Waals surface area contributed by atoms with Gasteiger partial charge < -0.3 is 9.64 Å². The monoisotopic (exact) mass is 477 g/mol. The summed E-state index contributed by atoms with van der Waals surface area (Å²) in [4.78, 5) is 21.3. The molecule has 33 heavy (non-hydrogen) atoms. The molecule has 6 rings (SSSR count). The number of rotatable bonds is 4. The Hall–Kier alpha value is -2.67. The SMILES string of the molecule is CN1C2CCC1CC(Oc1ccc(-n3cnc4cc(-c5ccc(Cl)cc5)sc4c3=O)cc1)C2. The molecule has 0 radical (unpaired) electrons. The Balaban J connectivity index is 1.24. The van der Waals surface area contributed by atoms with Crippen LogP contribution in [-0.2, 0) is 0 Å². The van der Waals surface area contributed by atoms with E-state index in [0.29, 0.717) is 27.3 Å². The number of nitrogens with zero attached hydrogens (tertiary/aromatic N) is 3. The molecule has 0 N–H and O–H groups in total. The van der Waals surface area contributed by atoms with E-state index in [1.807, 2.05) is 54.6 Å². The molecule has 4 heterocycles. The van der Waals surface area contributed by atoms with Gasteiger partial charge in [-0.2, -0.15) is 0 Å². The van der Waals surface area contributed by atoms with Crippen molar-refractivity contribution in [2.75, 3.05) is 7.05 Å². The quantitative estimate of drug-likeness (QED) is 0.374. The van der Waals surface area contributed by atoms with Gasteiger partial charge in [-0.25, -0.2) is 4.98 Å². The average Bonchev–Trinajstić information content (AvgIpc) is 3.33. The van der Waals surface area contributed by atoms with Gasteiger partial charge in [-0.3, -0.25) is 9.36 Å². The number of aromatic nitrogens is 2. The van der Waals surface area contributed by atoms with Crippen molar-refractivity contribution in [3.63, 3.8) is 0 Å². The molecule has 2 aromatic heterocycles. The summed E-state index contributed by atoms with van der Waals surface area (Å²) in [6, 6.07) is 18.7. The number of hydrogen-bond acceptors (Lipinski definition) is 5. The summed E-state index contributed by atoms with van der Waals surface area (Å²) < 4.78 is 8.54. The number of hydrogen-bond donors (Lipinski definition) is 0. The van der Waals surface area contributed by atoms with Gasteiger partial charge in [0.15, 0.2) is 0 Å². The van der Waals surface area contributed by atoms with Gasteiger partial charge in [-0.15, -0.1) is 11.3 Å². The number of piperidine rings is 1. The molecule has 4 aromatic rings. The molecule has 2 fully saturated rings. The first-order valence-corrected chi connectivity index (χ1v) is 12.5. The summed E-state index contributed by atoms with van der Waals surface area (Å²) in [5.41, 5.74) is 2.46. The summed E-state index contributed by atoms with van der Waals surface area (Å²) in [5, 5.41) is 0.691. The molecule has 7 heteroatoms. The van der Waals surface area contributed by atoms with Crippen LogP contribution in [0.2, 0.25) is 5.02 Å². The van der Waals surface area contributed by atoms with Crippen molar-refractivity contribution >= 4 is 33.2 Å². The number of benzene rings is 2. The van der Waals surface area contributed by atoms with Crippen molar-refractivity contribution in [1.29, 1.82) is 0 Å². The van der Waals surface area contributed by atoms with Crippen molar-refractivity contribution in [3.8, 4) is 21.9 Å². The van der Waals surface area contributed by atoms with Gasteiger partial charge in [0, 0.05) is 22.0 Å². The summed E-state index contributed by atoms with van der Waals surface area (Å²) in [5.74, 6) is 0.857. The Labute approximate surface area is 201 Å². The lowest BCUT2D eigenvalue weighted by atomic mass is 10.0. The van der Waals surface area contributed by atoms with E-state index < -0.39 is 0 Å². The van der Waals surface area contributed by atoms with Crippen molar-refractivity contribution in [1.82, 2.24) is 14.5 Å². The van der Waals surface area contributed by atoms with Gasteiger partial charge in [0.25, 0.3) is 5.56 Å². The minimum absolute atomic E-state index is 0.0641. The first-order valence-electron chi connectivity index (χ1n) is 11.3.